The number of nitriles is 1. The fraction of sp³-hybridized carbons (Fsp3) is 0.0556. The molecule has 3 rings (SSSR count). The summed E-state index contributed by atoms with van der Waals surface area (Å²) in [5.74, 6) is 0.510. The van der Waals surface area contributed by atoms with Crippen molar-refractivity contribution in [3.8, 4) is 6.07 Å². The Balaban J connectivity index is 1.80. The molecule has 0 atom stereocenters. The van der Waals surface area contributed by atoms with Crippen LogP contribution in [0.2, 0.25) is 5.02 Å². The summed E-state index contributed by atoms with van der Waals surface area (Å²) in [7, 11) is 0. The van der Waals surface area contributed by atoms with E-state index < -0.39 is 0 Å². The van der Waals surface area contributed by atoms with Crippen LogP contribution in [0, 0.1) is 11.3 Å². The van der Waals surface area contributed by atoms with Crippen LogP contribution >= 0.6 is 11.6 Å². The number of hydrogen-bond donors (Lipinski definition) is 1. The molecule has 0 saturated heterocycles. The van der Waals surface area contributed by atoms with Gasteiger partial charge in [-0.25, -0.2) is 0 Å². The van der Waals surface area contributed by atoms with E-state index in [4.69, 9.17) is 16.3 Å². The lowest BCUT2D eigenvalue weighted by atomic mass is 10.2. The summed E-state index contributed by atoms with van der Waals surface area (Å²) in [4.78, 5) is 1.75. The maximum Gasteiger partial charge on any atom is 0.166 e. The molecule has 0 amide bonds. The van der Waals surface area contributed by atoms with Gasteiger partial charge in [-0.1, -0.05) is 41.9 Å². The highest BCUT2D eigenvalue weighted by Gasteiger charge is 2.25. The minimum absolute atomic E-state index is 0.262. The molecule has 0 spiro atoms. The van der Waals surface area contributed by atoms with Gasteiger partial charge in [-0.05, 0) is 30.3 Å². The molecule has 5 heteroatoms. The number of anilines is 2. The second kappa shape index (κ2) is 6.91. The number of ether oxygens (including phenoxy) is 1. The number of benzene rings is 2. The molecule has 1 aliphatic heterocycles. The van der Waals surface area contributed by atoms with E-state index in [0.717, 1.165) is 11.4 Å². The molecule has 0 fully saturated rings. The molecule has 0 aromatic heterocycles. The molecule has 1 aliphatic rings. The first-order valence-corrected chi connectivity index (χ1v) is 7.45. The molecule has 1 heterocycles. The SMILES string of the molecule is N#CC1=C(/C=C/Nc2ccccc2)OCN1c1ccccc1Cl. The van der Waals surface area contributed by atoms with Crippen molar-refractivity contribution in [3.05, 3.63) is 83.4 Å². The summed E-state index contributed by atoms with van der Waals surface area (Å²) in [6.07, 6.45) is 3.49. The Morgan fingerprint density at radius 3 is 2.61 bits per heavy atom. The molecule has 0 saturated carbocycles. The smallest absolute Gasteiger partial charge is 0.166 e. The van der Waals surface area contributed by atoms with Gasteiger partial charge in [-0.3, -0.25) is 4.90 Å². The molecular formula is C18H14ClN3O. The maximum absolute atomic E-state index is 9.45. The van der Waals surface area contributed by atoms with Crippen LogP contribution in [0.5, 0.6) is 0 Å². The van der Waals surface area contributed by atoms with Crippen LogP contribution in [-0.4, -0.2) is 6.73 Å². The number of rotatable bonds is 4. The Morgan fingerprint density at radius 1 is 1.13 bits per heavy atom. The Kier molecular flexibility index (Phi) is 4.51. The van der Waals surface area contributed by atoms with E-state index in [-0.39, 0.29) is 6.73 Å². The minimum atomic E-state index is 0.262. The maximum atomic E-state index is 9.45. The lowest BCUT2D eigenvalue weighted by Crippen LogP contribution is -2.18. The van der Waals surface area contributed by atoms with Gasteiger partial charge in [-0.2, -0.15) is 5.26 Å². The predicted molar refractivity (Wildman–Crippen MR) is 91.7 cm³/mol. The normalized spacial score (nSPS) is 14.0. The average molecular weight is 324 g/mol. The van der Waals surface area contributed by atoms with Gasteiger partial charge in [0.2, 0.25) is 0 Å². The average Bonchev–Trinajstić information content (AvgIpc) is 2.99. The van der Waals surface area contributed by atoms with Gasteiger partial charge in [0.1, 0.15) is 6.07 Å². The Bertz CT molecular complexity index is 793. The zero-order chi connectivity index (χ0) is 16.1. The van der Waals surface area contributed by atoms with Crippen molar-refractivity contribution in [1.29, 1.82) is 5.26 Å². The largest absolute Gasteiger partial charge is 0.470 e. The van der Waals surface area contributed by atoms with Gasteiger partial charge in [0.25, 0.3) is 0 Å². The van der Waals surface area contributed by atoms with Crippen LogP contribution in [0.3, 0.4) is 0 Å². The first-order chi connectivity index (χ1) is 11.3. The van der Waals surface area contributed by atoms with E-state index in [1.54, 1.807) is 23.2 Å². The second-order valence-corrected chi connectivity index (χ2v) is 5.23. The lowest BCUT2D eigenvalue weighted by molar-refractivity contribution is 0.257. The number of para-hydroxylation sites is 2. The minimum Gasteiger partial charge on any atom is -0.470 e. The Labute approximate surface area is 139 Å². The van der Waals surface area contributed by atoms with E-state index in [1.165, 1.54) is 0 Å². The third-order valence-corrected chi connectivity index (χ3v) is 3.68. The van der Waals surface area contributed by atoms with Gasteiger partial charge in [0, 0.05) is 11.9 Å². The topological polar surface area (TPSA) is 48.3 Å². The first-order valence-electron chi connectivity index (χ1n) is 7.07. The molecule has 23 heavy (non-hydrogen) atoms. The predicted octanol–water partition coefficient (Wildman–Crippen LogP) is 4.50. The summed E-state index contributed by atoms with van der Waals surface area (Å²) in [5.41, 5.74) is 2.15. The third kappa shape index (κ3) is 3.31. The summed E-state index contributed by atoms with van der Waals surface area (Å²) >= 11 is 6.20. The molecule has 0 unspecified atom stereocenters. The lowest BCUT2D eigenvalue weighted by Gasteiger charge is -2.16. The summed E-state index contributed by atoms with van der Waals surface area (Å²) in [5, 5.41) is 13.2. The highest BCUT2D eigenvalue weighted by molar-refractivity contribution is 6.33. The number of nitrogens with zero attached hydrogens (tertiary/aromatic N) is 2. The fourth-order valence-corrected chi connectivity index (χ4v) is 2.49. The van der Waals surface area contributed by atoms with Crippen LogP contribution in [-0.2, 0) is 4.74 Å². The summed E-state index contributed by atoms with van der Waals surface area (Å²) in [6, 6.07) is 19.3. The number of allylic oxidation sites excluding steroid dienone is 2. The highest BCUT2D eigenvalue weighted by Crippen LogP contribution is 2.32. The molecule has 114 valence electrons. The Morgan fingerprint density at radius 2 is 1.87 bits per heavy atom. The van der Waals surface area contributed by atoms with Crippen molar-refractivity contribution < 1.29 is 4.74 Å². The molecule has 0 aliphatic carbocycles. The van der Waals surface area contributed by atoms with Crippen LogP contribution in [0.4, 0.5) is 11.4 Å². The van der Waals surface area contributed by atoms with Crippen LogP contribution in [0.25, 0.3) is 0 Å². The van der Waals surface area contributed by atoms with Gasteiger partial charge < -0.3 is 10.1 Å². The van der Waals surface area contributed by atoms with Crippen molar-refractivity contribution in [3.63, 3.8) is 0 Å². The van der Waals surface area contributed by atoms with E-state index >= 15 is 0 Å². The van der Waals surface area contributed by atoms with Crippen molar-refractivity contribution in [1.82, 2.24) is 0 Å². The van der Waals surface area contributed by atoms with E-state index in [0.29, 0.717) is 16.5 Å². The van der Waals surface area contributed by atoms with Gasteiger partial charge >= 0.3 is 0 Å². The Hall–Kier alpha value is -2.90. The van der Waals surface area contributed by atoms with Crippen molar-refractivity contribution in [2.45, 2.75) is 0 Å². The highest BCUT2D eigenvalue weighted by atomic mass is 35.5. The van der Waals surface area contributed by atoms with Gasteiger partial charge in [0.15, 0.2) is 18.2 Å². The molecular weight excluding hydrogens is 310 g/mol. The number of halogens is 1. The first kappa shape index (κ1) is 15.0. The molecule has 2 aromatic carbocycles. The molecule has 0 radical (unpaired) electrons. The van der Waals surface area contributed by atoms with E-state index in [9.17, 15) is 5.26 Å². The standard InChI is InChI=1S/C18H14ClN3O/c19-15-8-4-5-9-16(15)22-13-23-18(17(22)12-20)10-11-21-14-6-2-1-3-7-14/h1-11,21H,13H2/b11-10+. The van der Waals surface area contributed by atoms with E-state index in [1.807, 2.05) is 48.5 Å². The van der Waals surface area contributed by atoms with Crippen molar-refractivity contribution in [2.75, 3.05) is 16.9 Å². The zero-order valence-electron chi connectivity index (χ0n) is 12.2. The van der Waals surface area contributed by atoms with Crippen LogP contribution < -0.4 is 10.2 Å². The summed E-state index contributed by atoms with van der Waals surface area (Å²) < 4.78 is 5.61. The van der Waals surface area contributed by atoms with Gasteiger partial charge in [-0.15, -0.1) is 0 Å². The number of nitrogens with one attached hydrogen (secondary N) is 1. The summed E-state index contributed by atoms with van der Waals surface area (Å²) in [6.45, 7) is 0.262. The molecule has 1 N–H and O–H groups in total. The zero-order valence-corrected chi connectivity index (χ0v) is 13.0. The molecule has 4 nitrogen and oxygen atoms in total. The molecule has 2 aromatic rings. The quantitative estimate of drug-likeness (QED) is 0.900. The second-order valence-electron chi connectivity index (χ2n) is 4.82. The van der Waals surface area contributed by atoms with E-state index in [2.05, 4.69) is 11.4 Å². The van der Waals surface area contributed by atoms with Crippen LogP contribution in [0.15, 0.2) is 78.3 Å². The van der Waals surface area contributed by atoms with Gasteiger partial charge in [0.05, 0.1) is 10.7 Å². The number of hydrogen-bond acceptors (Lipinski definition) is 4. The monoisotopic (exact) mass is 323 g/mol. The van der Waals surface area contributed by atoms with Crippen LogP contribution in [0.1, 0.15) is 0 Å². The van der Waals surface area contributed by atoms with Crippen molar-refractivity contribution in [2.24, 2.45) is 0 Å². The van der Waals surface area contributed by atoms with Crippen molar-refractivity contribution >= 4 is 23.0 Å². The fourth-order valence-electron chi connectivity index (χ4n) is 2.25. The third-order valence-electron chi connectivity index (χ3n) is 3.36. The molecule has 0 bridgehead atoms.